The second-order valence-electron chi connectivity index (χ2n) is 7.87. The van der Waals surface area contributed by atoms with Gasteiger partial charge < -0.3 is 10.1 Å². The molecule has 3 aromatic rings. The molecule has 0 saturated carbocycles. The number of amides is 1. The number of hydrogen-bond donors (Lipinski definition) is 1. The summed E-state index contributed by atoms with van der Waals surface area (Å²) in [6.07, 6.45) is 1.16. The topological polar surface area (TPSA) is 84.7 Å². The number of likely N-dealkylation sites (tertiary alicyclic amines) is 1. The first-order valence-corrected chi connectivity index (χ1v) is 10.3. The number of nitrogens with zero attached hydrogens (tertiary/aromatic N) is 2. The molecular weight excluding hydrogens is 394 g/mol. The van der Waals surface area contributed by atoms with Crippen molar-refractivity contribution in [2.45, 2.75) is 25.4 Å². The lowest BCUT2D eigenvalue weighted by molar-refractivity contribution is -0.386. The highest BCUT2D eigenvalue weighted by atomic mass is 16.6. The molecule has 4 rings (SSSR count). The van der Waals surface area contributed by atoms with Gasteiger partial charge in [0.25, 0.3) is 0 Å². The van der Waals surface area contributed by atoms with E-state index in [1.54, 1.807) is 18.2 Å². The van der Waals surface area contributed by atoms with Crippen LogP contribution in [0.5, 0.6) is 5.75 Å². The Morgan fingerprint density at radius 2 is 1.97 bits per heavy atom. The molecule has 7 heteroatoms. The second kappa shape index (κ2) is 9.14. The van der Waals surface area contributed by atoms with Crippen LogP contribution in [0.4, 0.5) is 5.69 Å². The fraction of sp³-hybridized carbons (Fsp3) is 0.292. The molecule has 1 N–H and O–H groups in total. The number of carbonyl (C=O) groups is 1. The summed E-state index contributed by atoms with van der Waals surface area (Å²) in [5, 5.41) is 16.9. The fourth-order valence-corrected chi connectivity index (χ4v) is 4.22. The lowest BCUT2D eigenvalue weighted by Gasteiger charge is -2.17. The average Bonchev–Trinajstić information content (AvgIpc) is 3.19. The summed E-state index contributed by atoms with van der Waals surface area (Å²) in [7, 11) is 1.43. The fourth-order valence-electron chi connectivity index (χ4n) is 4.22. The Balaban J connectivity index is 1.35. The maximum atomic E-state index is 12.6. The van der Waals surface area contributed by atoms with Gasteiger partial charge in [-0.1, -0.05) is 54.6 Å². The predicted molar refractivity (Wildman–Crippen MR) is 119 cm³/mol. The summed E-state index contributed by atoms with van der Waals surface area (Å²) in [6.45, 7) is 1.89. The number of fused-ring (bicyclic) bond motifs is 1. The summed E-state index contributed by atoms with van der Waals surface area (Å²) < 4.78 is 5.15. The van der Waals surface area contributed by atoms with Crippen LogP contribution in [0.1, 0.15) is 17.5 Å². The van der Waals surface area contributed by atoms with Crippen molar-refractivity contribution in [3.8, 4) is 5.75 Å². The summed E-state index contributed by atoms with van der Waals surface area (Å²) >= 11 is 0. The smallest absolute Gasteiger partial charge is 0.315 e. The van der Waals surface area contributed by atoms with Crippen LogP contribution in [-0.2, 0) is 17.8 Å². The van der Waals surface area contributed by atoms with Crippen LogP contribution in [0.15, 0.2) is 60.7 Å². The van der Waals surface area contributed by atoms with Gasteiger partial charge in [0.05, 0.1) is 18.5 Å². The van der Waals surface area contributed by atoms with Crippen LogP contribution >= 0.6 is 0 Å². The van der Waals surface area contributed by atoms with E-state index in [1.807, 2.05) is 30.3 Å². The van der Waals surface area contributed by atoms with E-state index < -0.39 is 4.92 Å². The van der Waals surface area contributed by atoms with Crippen LogP contribution in [0.2, 0.25) is 0 Å². The van der Waals surface area contributed by atoms with E-state index in [4.69, 9.17) is 4.74 Å². The van der Waals surface area contributed by atoms with Gasteiger partial charge in [0, 0.05) is 31.2 Å². The molecule has 7 nitrogen and oxygen atoms in total. The molecule has 1 aliphatic rings. The molecule has 1 fully saturated rings. The second-order valence-corrected chi connectivity index (χ2v) is 7.87. The molecule has 1 heterocycles. The largest absolute Gasteiger partial charge is 0.490 e. The van der Waals surface area contributed by atoms with E-state index in [9.17, 15) is 14.9 Å². The molecule has 1 atom stereocenters. The van der Waals surface area contributed by atoms with Crippen LogP contribution in [-0.4, -0.2) is 42.0 Å². The molecule has 0 radical (unpaired) electrons. The van der Waals surface area contributed by atoms with Crippen LogP contribution in [0.3, 0.4) is 0 Å². The Labute approximate surface area is 180 Å². The maximum absolute atomic E-state index is 12.6. The van der Waals surface area contributed by atoms with E-state index in [2.05, 4.69) is 22.3 Å². The molecule has 1 amide bonds. The molecule has 1 unspecified atom stereocenters. The van der Waals surface area contributed by atoms with Crippen molar-refractivity contribution in [3.05, 3.63) is 81.9 Å². The van der Waals surface area contributed by atoms with Gasteiger partial charge in [0.15, 0.2) is 5.75 Å². The Morgan fingerprint density at radius 1 is 1.16 bits per heavy atom. The molecule has 0 bridgehead atoms. The maximum Gasteiger partial charge on any atom is 0.315 e. The first kappa shape index (κ1) is 20.8. The number of nitro benzene ring substituents is 1. The lowest BCUT2D eigenvalue weighted by Crippen LogP contribution is -2.37. The average molecular weight is 419 g/mol. The van der Waals surface area contributed by atoms with Crippen molar-refractivity contribution in [1.82, 2.24) is 10.2 Å². The molecule has 0 aromatic heterocycles. The zero-order chi connectivity index (χ0) is 21.8. The van der Waals surface area contributed by atoms with Gasteiger partial charge in [0.2, 0.25) is 5.91 Å². The SMILES string of the molecule is COc1cccc(CN2CCC(NC(=O)Cc3ccc4ccccc4c3)C2)c1[N+](=O)[O-]. The van der Waals surface area contributed by atoms with Gasteiger partial charge >= 0.3 is 5.69 Å². The number of rotatable bonds is 7. The molecule has 3 aromatic carbocycles. The molecule has 160 valence electrons. The van der Waals surface area contributed by atoms with Gasteiger partial charge in [-0.3, -0.25) is 19.8 Å². The number of ether oxygens (including phenoxy) is 1. The molecule has 1 saturated heterocycles. The Kier molecular flexibility index (Phi) is 6.13. The number of nitrogens with one attached hydrogen (secondary N) is 1. The zero-order valence-electron chi connectivity index (χ0n) is 17.4. The molecule has 31 heavy (non-hydrogen) atoms. The Hall–Kier alpha value is -3.45. The van der Waals surface area contributed by atoms with E-state index in [1.165, 1.54) is 7.11 Å². The van der Waals surface area contributed by atoms with Crippen molar-refractivity contribution in [2.75, 3.05) is 20.2 Å². The van der Waals surface area contributed by atoms with Crippen molar-refractivity contribution >= 4 is 22.4 Å². The van der Waals surface area contributed by atoms with Gasteiger partial charge in [-0.05, 0) is 28.8 Å². The number of methoxy groups -OCH3 is 1. The van der Waals surface area contributed by atoms with Gasteiger partial charge in [0.1, 0.15) is 0 Å². The van der Waals surface area contributed by atoms with Crippen LogP contribution in [0, 0.1) is 10.1 Å². The highest BCUT2D eigenvalue weighted by molar-refractivity contribution is 5.85. The third-order valence-electron chi connectivity index (χ3n) is 5.70. The quantitative estimate of drug-likeness (QED) is 0.466. The summed E-state index contributed by atoms with van der Waals surface area (Å²) in [4.78, 5) is 25.8. The summed E-state index contributed by atoms with van der Waals surface area (Å²) in [5.74, 6) is 0.261. The van der Waals surface area contributed by atoms with Crippen LogP contribution in [0.25, 0.3) is 10.8 Å². The summed E-state index contributed by atoms with van der Waals surface area (Å²) in [6, 6.07) is 19.3. The Morgan fingerprint density at radius 3 is 2.74 bits per heavy atom. The number of carbonyl (C=O) groups excluding carboxylic acids is 1. The minimum Gasteiger partial charge on any atom is -0.490 e. The van der Waals surface area contributed by atoms with Gasteiger partial charge in [-0.2, -0.15) is 0 Å². The van der Waals surface area contributed by atoms with Crippen LogP contribution < -0.4 is 10.1 Å². The third-order valence-corrected chi connectivity index (χ3v) is 5.70. The summed E-state index contributed by atoms with van der Waals surface area (Å²) in [5.41, 5.74) is 1.61. The van der Waals surface area contributed by atoms with Gasteiger partial charge in [-0.25, -0.2) is 0 Å². The number of nitro groups is 1. The van der Waals surface area contributed by atoms with Crippen molar-refractivity contribution < 1.29 is 14.5 Å². The highest BCUT2D eigenvalue weighted by Gasteiger charge is 2.27. The van der Waals surface area contributed by atoms with E-state index in [0.29, 0.717) is 25.1 Å². The van der Waals surface area contributed by atoms with Crippen molar-refractivity contribution in [1.29, 1.82) is 0 Å². The van der Waals surface area contributed by atoms with E-state index >= 15 is 0 Å². The molecule has 1 aliphatic heterocycles. The van der Waals surface area contributed by atoms with Crippen molar-refractivity contribution in [3.63, 3.8) is 0 Å². The minimum atomic E-state index is -0.396. The minimum absolute atomic E-state index is 0.00510. The first-order valence-electron chi connectivity index (χ1n) is 10.3. The highest BCUT2D eigenvalue weighted by Crippen LogP contribution is 2.32. The first-order chi connectivity index (χ1) is 15.0. The standard InChI is InChI=1S/C24H25N3O4/c1-31-22-8-4-7-20(24(22)27(29)30)15-26-12-11-21(16-26)25-23(28)14-17-9-10-18-5-2-3-6-19(18)13-17/h2-10,13,21H,11-12,14-16H2,1H3,(H,25,28). The third kappa shape index (κ3) is 4.83. The molecule has 0 aliphatic carbocycles. The Bertz CT molecular complexity index is 1110. The molecular formula is C24H25N3O4. The normalized spacial score (nSPS) is 16.4. The lowest BCUT2D eigenvalue weighted by atomic mass is 10.0. The van der Waals surface area contributed by atoms with Gasteiger partial charge in [-0.15, -0.1) is 0 Å². The monoisotopic (exact) mass is 419 g/mol. The zero-order valence-corrected chi connectivity index (χ0v) is 17.4. The van der Waals surface area contributed by atoms with E-state index in [-0.39, 0.29) is 23.4 Å². The van der Waals surface area contributed by atoms with Crippen molar-refractivity contribution in [2.24, 2.45) is 0 Å². The molecule has 0 spiro atoms. The number of para-hydroxylation sites is 1. The number of hydrogen-bond acceptors (Lipinski definition) is 5. The van der Waals surface area contributed by atoms with E-state index in [0.717, 1.165) is 29.3 Å². The number of benzene rings is 3. The predicted octanol–water partition coefficient (Wildman–Crippen LogP) is 3.69.